The fraction of sp³-hybridized carbons (Fsp3) is 0.133. The lowest BCUT2D eigenvalue weighted by atomic mass is 10.3. The predicted octanol–water partition coefficient (Wildman–Crippen LogP) is 3.20. The maximum Gasteiger partial charge on any atom is 0.268 e. The van der Waals surface area contributed by atoms with Crippen molar-refractivity contribution in [2.75, 3.05) is 5.32 Å². The van der Waals surface area contributed by atoms with Crippen molar-refractivity contribution in [3.8, 4) is 5.13 Å². The predicted molar refractivity (Wildman–Crippen MR) is 83.1 cm³/mol. The van der Waals surface area contributed by atoms with Crippen LogP contribution in [-0.4, -0.2) is 20.4 Å². The summed E-state index contributed by atoms with van der Waals surface area (Å²) >= 11 is 1.36. The Morgan fingerprint density at radius 2 is 2.00 bits per heavy atom. The summed E-state index contributed by atoms with van der Waals surface area (Å²) in [7, 11) is 0. The lowest BCUT2D eigenvalue weighted by molar-refractivity contribution is 0.102. The van der Waals surface area contributed by atoms with Crippen molar-refractivity contribution in [1.82, 2.24) is 14.5 Å². The summed E-state index contributed by atoms with van der Waals surface area (Å²) in [5.41, 5.74) is 1.77. The van der Waals surface area contributed by atoms with Gasteiger partial charge >= 0.3 is 0 Å². The zero-order chi connectivity index (χ0) is 14.8. The fourth-order valence-corrected chi connectivity index (χ4v) is 2.81. The summed E-state index contributed by atoms with van der Waals surface area (Å²) in [6, 6.07) is 7.54. The summed E-state index contributed by atoms with van der Waals surface area (Å²) in [5, 5.41) is 3.57. The number of amides is 1. The molecule has 0 radical (unpaired) electrons. The normalized spacial score (nSPS) is 10.6. The van der Waals surface area contributed by atoms with Crippen LogP contribution in [0.3, 0.4) is 0 Å². The van der Waals surface area contributed by atoms with Gasteiger partial charge in [-0.2, -0.15) is 0 Å². The maximum atomic E-state index is 12.3. The molecule has 0 fully saturated rings. The first-order valence-corrected chi connectivity index (χ1v) is 7.30. The van der Waals surface area contributed by atoms with Crippen LogP contribution in [0, 0.1) is 13.8 Å². The third-order valence-electron chi connectivity index (χ3n) is 2.97. The summed E-state index contributed by atoms with van der Waals surface area (Å²) in [5.74, 6) is 0.362. The van der Waals surface area contributed by atoms with Crippen molar-refractivity contribution >= 4 is 23.1 Å². The average molecular weight is 298 g/mol. The fourth-order valence-electron chi connectivity index (χ4n) is 1.88. The molecule has 106 valence electrons. The lowest BCUT2D eigenvalue weighted by Crippen LogP contribution is -2.12. The molecule has 0 saturated carbocycles. The van der Waals surface area contributed by atoms with E-state index in [1.807, 2.05) is 49.0 Å². The maximum absolute atomic E-state index is 12.3. The van der Waals surface area contributed by atoms with E-state index in [1.54, 1.807) is 12.3 Å². The van der Waals surface area contributed by atoms with Gasteiger partial charge in [0.15, 0.2) is 5.13 Å². The van der Waals surface area contributed by atoms with Crippen LogP contribution in [0.4, 0.5) is 5.82 Å². The highest BCUT2D eigenvalue weighted by molar-refractivity contribution is 7.16. The number of anilines is 1. The number of thiazole rings is 1. The van der Waals surface area contributed by atoms with Crippen molar-refractivity contribution in [3.63, 3.8) is 0 Å². The van der Waals surface area contributed by atoms with Crippen molar-refractivity contribution in [2.24, 2.45) is 0 Å². The van der Waals surface area contributed by atoms with Crippen molar-refractivity contribution in [1.29, 1.82) is 0 Å². The van der Waals surface area contributed by atoms with E-state index in [0.717, 1.165) is 10.7 Å². The molecule has 0 saturated heterocycles. The van der Waals surface area contributed by atoms with Crippen LogP contribution >= 0.6 is 11.3 Å². The molecule has 3 aromatic rings. The van der Waals surface area contributed by atoms with Gasteiger partial charge in [-0.25, -0.2) is 9.97 Å². The summed E-state index contributed by atoms with van der Waals surface area (Å²) in [6.45, 7) is 3.79. The molecule has 3 heterocycles. The van der Waals surface area contributed by atoms with Gasteiger partial charge in [-0.3, -0.25) is 4.79 Å². The highest BCUT2D eigenvalue weighted by Gasteiger charge is 2.16. The van der Waals surface area contributed by atoms with Crippen LogP contribution in [0.5, 0.6) is 0 Å². The number of hydrogen-bond donors (Lipinski definition) is 1. The van der Waals surface area contributed by atoms with Gasteiger partial charge in [0.05, 0.1) is 5.69 Å². The molecule has 0 unspecified atom stereocenters. The van der Waals surface area contributed by atoms with E-state index in [9.17, 15) is 4.79 Å². The number of nitrogens with one attached hydrogen (secondary N) is 1. The van der Waals surface area contributed by atoms with E-state index in [2.05, 4.69) is 15.3 Å². The molecule has 0 aromatic carbocycles. The van der Waals surface area contributed by atoms with Gasteiger partial charge in [-0.15, -0.1) is 0 Å². The Kier molecular flexibility index (Phi) is 3.53. The molecule has 1 amide bonds. The number of carbonyl (C=O) groups excluding carboxylic acids is 1. The van der Waals surface area contributed by atoms with Crippen molar-refractivity contribution < 1.29 is 4.79 Å². The molecule has 21 heavy (non-hydrogen) atoms. The largest absolute Gasteiger partial charge is 0.306 e. The molecule has 0 bridgehead atoms. The van der Waals surface area contributed by atoms with Crippen LogP contribution in [0.25, 0.3) is 5.13 Å². The third-order valence-corrected chi connectivity index (χ3v) is 4.14. The summed E-state index contributed by atoms with van der Waals surface area (Å²) in [6.07, 6.45) is 5.53. The molecular formula is C15H14N4OS. The highest BCUT2D eigenvalue weighted by Crippen LogP contribution is 2.22. The molecule has 0 aliphatic rings. The Labute approximate surface area is 126 Å². The quantitative estimate of drug-likeness (QED) is 0.807. The van der Waals surface area contributed by atoms with E-state index in [-0.39, 0.29) is 5.91 Å². The second kappa shape index (κ2) is 5.49. The van der Waals surface area contributed by atoms with E-state index in [1.165, 1.54) is 11.3 Å². The number of rotatable bonds is 3. The van der Waals surface area contributed by atoms with Crippen LogP contribution in [0.15, 0.2) is 42.9 Å². The second-order valence-electron chi connectivity index (χ2n) is 4.68. The van der Waals surface area contributed by atoms with Gasteiger partial charge in [0.2, 0.25) is 0 Å². The van der Waals surface area contributed by atoms with Crippen LogP contribution in [0.1, 0.15) is 20.9 Å². The molecular weight excluding hydrogens is 284 g/mol. The molecule has 3 aromatic heterocycles. The SMILES string of the molecule is Cc1ccc(NC(=O)c2sc(-n3cccc3)nc2C)nc1. The van der Waals surface area contributed by atoms with Crippen LogP contribution in [0.2, 0.25) is 0 Å². The second-order valence-corrected chi connectivity index (χ2v) is 5.65. The minimum atomic E-state index is -0.181. The zero-order valence-electron chi connectivity index (χ0n) is 11.7. The van der Waals surface area contributed by atoms with Gasteiger partial charge in [0, 0.05) is 18.6 Å². The smallest absolute Gasteiger partial charge is 0.268 e. The first-order chi connectivity index (χ1) is 10.1. The van der Waals surface area contributed by atoms with Crippen LogP contribution in [-0.2, 0) is 0 Å². The standard InChI is InChI=1S/C15H14N4OS/c1-10-5-6-12(16-9-10)18-14(20)13-11(2)17-15(21-13)19-7-3-4-8-19/h3-9H,1-2H3,(H,16,18,20). The molecule has 6 heteroatoms. The van der Waals surface area contributed by atoms with E-state index in [4.69, 9.17) is 0 Å². The summed E-state index contributed by atoms with van der Waals surface area (Å²) < 4.78 is 1.89. The minimum Gasteiger partial charge on any atom is -0.306 e. The summed E-state index contributed by atoms with van der Waals surface area (Å²) in [4.78, 5) is 21.5. The monoisotopic (exact) mass is 298 g/mol. The van der Waals surface area contributed by atoms with Crippen molar-refractivity contribution in [3.05, 3.63) is 59.0 Å². The number of aryl methyl sites for hydroxylation is 2. The Bertz CT molecular complexity index is 760. The number of hydrogen-bond acceptors (Lipinski definition) is 4. The Morgan fingerprint density at radius 1 is 1.24 bits per heavy atom. The van der Waals surface area contributed by atoms with Crippen molar-refractivity contribution in [2.45, 2.75) is 13.8 Å². The first kappa shape index (κ1) is 13.5. The Morgan fingerprint density at radius 3 is 2.67 bits per heavy atom. The van der Waals surface area contributed by atoms with Gasteiger partial charge in [0.25, 0.3) is 5.91 Å². The molecule has 0 spiro atoms. The molecule has 1 N–H and O–H groups in total. The number of pyridine rings is 1. The number of carbonyl (C=O) groups is 1. The Hall–Kier alpha value is -2.47. The lowest BCUT2D eigenvalue weighted by Gasteiger charge is -2.03. The van der Waals surface area contributed by atoms with Gasteiger partial charge < -0.3 is 9.88 Å². The van der Waals surface area contributed by atoms with E-state index in [0.29, 0.717) is 16.4 Å². The van der Waals surface area contributed by atoms with E-state index < -0.39 is 0 Å². The third kappa shape index (κ3) is 2.85. The molecule has 5 nitrogen and oxygen atoms in total. The Balaban J connectivity index is 1.83. The van der Waals surface area contributed by atoms with Crippen LogP contribution < -0.4 is 5.32 Å². The highest BCUT2D eigenvalue weighted by atomic mass is 32.1. The number of nitrogens with zero attached hydrogens (tertiary/aromatic N) is 3. The topological polar surface area (TPSA) is 59.8 Å². The molecule has 0 atom stereocenters. The number of aromatic nitrogens is 3. The molecule has 3 rings (SSSR count). The molecule has 0 aliphatic carbocycles. The minimum absolute atomic E-state index is 0.181. The molecule has 0 aliphatic heterocycles. The first-order valence-electron chi connectivity index (χ1n) is 6.48. The average Bonchev–Trinajstić information content (AvgIpc) is 3.10. The van der Waals surface area contributed by atoms with Gasteiger partial charge in [-0.1, -0.05) is 17.4 Å². The van der Waals surface area contributed by atoms with Gasteiger partial charge in [0.1, 0.15) is 10.7 Å². The van der Waals surface area contributed by atoms with E-state index >= 15 is 0 Å². The van der Waals surface area contributed by atoms with Gasteiger partial charge in [-0.05, 0) is 37.6 Å². The zero-order valence-corrected chi connectivity index (χ0v) is 12.5.